The molecule has 1 heterocycles. The predicted octanol–water partition coefficient (Wildman–Crippen LogP) is 3.58. The van der Waals surface area contributed by atoms with E-state index >= 15 is 0 Å². The Morgan fingerprint density at radius 1 is 1.32 bits per heavy atom. The van der Waals surface area contributed by atoms with E-state index in [-0.39, 0.29) is 5.76 Å². The largest absolute Gasteiger partial charge is 0.463 e. The van der Waals surface area contributed by atoms with Crippen molar-refractivity contribution >= 4 is 5.97 Å². The highest BCUT2D eigenvalue weighted by molar-refractivity contribution is 5.86. The van der Waals surface area contributed by atoms with Crippen LogP contribution < -0.4 is 0 Å². The summed E-state index contributed by atoms with van der Waals surface area (Å²) in [5.41, 5.74) is 2.86. The third kappa shape index (κ3) is 2.92. The third-order valence-corrected chi connectivity index (χ3v) is 4.32. The van der Waals surface area contributed by atoms with E-state index in [0.29, 0.717) is 12.6 Å². The van der Waals surface area contributed by atoms with E-state index in [9.17, 15) is 4.79 Å². The first-order valence-electron chi connectivity index (χ1n) is 7.64. The highest BCUT2D eigenvalue weighted by Gasteiger charge is 2.24. The maximum atomic E-state index is 11.4. The van der Waals surface area contributed by atoms with Crippen LogP contribution in [-0.2, 0) is 17.7 Å². The highest BCUT2D eigenvalue weighted by atomic mass is 16.5. The molecule has 4 nitrogen and oxygen atoms in total. The minimum absolute atomic E-state index is 0.259. The molecule has 1 aromatic heterocycles. The Labute approximate surface area is 130 Å². The topological polar surface area (TPSA) is 42.7 Å². The Balaban J connectivity index is 1.74. The van der Waals surface area contributed by atoms with Gasteiger partial charge in [0.1, 0.15) is 5.76 Å². The smallest absolute Gasteiger partial charge is 0.373 e. The second kappa shape index (κ2) is 6.36. The van der Waals surface area contributed by atoms with E-state index < -0.39 is 5.97 Å². The second-order valence-electron chi connectivity index (χ2n) is 5.78. The maximum Gasteiger partial charge on any atom is 0.373 e. The molecule has 4 heteroatoms. The van der Waals surface area contributed by atoms with Gasteiger partial charge in [-0.05, 0) is 49.6 Å². The fourth-order valence-electron chi connectivity index (χ4n) is 3.22. The summed E-state index contributed by atoms with van der Waals surface area (Å²) in [6, 6.07) is 12.6. The Morgan fingerprint density at radius 2 is 2.14 bits per heavy atom. The van der Waals surface area contributed by atoms with Crippen LogP contribution in [-0.4, -0.2) is 25.0 Å². The number of nitrogens with zero attached hydrogens (tertiary/aromatic N) is 1. The number of ether oxygens (including phenoxy) is 1. The summed E-state index contributed by atoms with van der Waals surface area (Å²) in [6.45, 7) is 0.677. The molecule has 0 bridgehead atoms. The lowest BCUT2D eigenvalue weighted by atomic mass is 9.87. The molecular weight excluding hydrogens is 278 g/mol. The van der Waals surface area contributed by atoms with Gasteiger partial charge >= 0.3 is 5.97 Å². The summed E-state index contributed by atoms with van der Waals surface area (Å²) in [5, 5.41) is 0. The van der Waals surface area contributed by atoms with E-state index in [1.54, 1.807) is 6.07 Å². The zero-order valence-electron chi connectivity index (χ0n) is 13.0. The highest BCUT2D eigenvalue weighted by Crippen LogP contribution is 2.34. The number of hydrogen-bond donors (Lipinski definition) is 0. The fourth-order valence-corrected chi connectivity index (χ4v) is 3.22. The number of hydrogen-bond acceptors (Lipinski definition) is 4. The Hall–Kier alpha value is -2.07. The van der Waals surface area contributed by atoms with Crippen LogP contribution in [0.1, 0.15) is 46.3 Å². The molecule has 0 spiro atoms. The van der Waals surface area contributed by atoms with Gasteiger partial charge in [-0.3, -0.25) is 4.90 Å². The first-order valence-corrected chi connectivity index (χ1v) is 7.64. The SMILES string of the molecule is COC(=O)c1ccc(CN(C)[C@@H]2CCCc3ccccc32)o1. The summed E-state index contributed by atoms with van der Waals surface area (Å²) in [7, 11) is 3.46. The number of aryl methyl sites for hydroxylation is 1. The lowest BCUT2D eigenvalue weighted by molar-refractivity contribution is 0.0560. The van der Waals surface area contributed by atoms with E-state index in [0.717, 1.165) is 18.6 Å². The van der Waals surface area contributed by atoms with Crippen LogP contribution >= 0.6 is 0 Å². The predicted molar refractivity (Wildman–Crippen MR) is 83.6 cm³/mol. The van der Waals surface area contributed by atoms with Crippen molar-refractivity contribution in [3.63, 3.8) is 0 Å². The molecule has 0 radical (unpaired) electrons. The summed E-state index contributed by atoms with van der Waals surface area (Å²) in [4.78, 5) is 13.7. The van der Waals surface area contributed by atoms with E-state index in [1.165, 1.54) is 24.7 Å². The third-order valence-electron chi connectivity index (χ3n) is 4.32. The molecule has 0 fully saturated rings. The van der Waals surface area contributed by atoms with Gasteiger partial charge in [0.25, 0.3) is 0 Å². The van der Waals surface area contributed by atoms with Crippen LogP contribution in [0.25, 0.3) is 0 Å². The van der Waals surface area contributed by atoms with Crippen molar-refractivity contribution in [1.82, 2.24) is 4.90 Å². The van der Waals surface area contributed by atoms with Gasteiger partial charge in [0, 0.05) is 6.04 Å². The molecule has 116 valence electrons. The first kappa shape index (κ1) is 14.9. The van der Waals surface area contributed by atoms with Crippen LogP contribution in [0.3, 0.4) is 0 Å². The molecule has 0 saturated carbocycles. The number of rotatable bonds is 4. The molecule has 0 aliphatic heterocycles. The van der Waals surface area contributed by atoms with Gasteiger partial charge in [-0.15, -0.1) is 0 Å². The lowest BCUT2D eigenvalue weighted by Gasteiger charge is -2.32. The Kier molecular flexibility index (Phi) is 4.29. The van der Waals surface area contributed by atoms with Crippen molar-refractivity contribution in [3.05, 3.63) is 59.0 Å². The molecule has 0 N–H and O–H groups in total. The lowest BCUT2D eigenvalue weighted by Crippen LogP contribution is -2.27. The van der Waals surface area contributed by atoms with E-state index in [4.69, 9.17) is 4.42 Å². The normalized spacial score (nSPS) is 17.3. The number of carbonyl (C=O) groups excluding carboxylic acids is 1. The van der Waals surface area contributed by atoms with Gasteiger partial charge in [-0.25, -0.2) is 4.79 Å². The summed E-state index contributed by atoms with van der Waals surface area (Å²) < 4.78 is 10.2. The van der Waals surface area contributed by atoms with Crippen molar-refractivity contribution in [3.8, 4) is 0 Å². The summed E-state index contributed by atoms with van der Waals surface area (Å²) in [5.74, 6) is 0.609. The van der Waals surface area contributed by atoms with Gasteiger partial charge in [0.05, 0.1) is 13.7 Å². The average molecular weight is 299 g/mol. The van der Waals surface area contributed by atoms with Crippen molar-refractivity contribution in [2.45, 2.75) is 31.8 Å². The van der Waals surface area contributed by atoms with Crippen molar-refractivity contribution in [1.29, 1.82) is 0 Å². The van der Waals surface area contributed by atoms with E-state index in [1.807, 2.05) is 6.07 Å². The first-order chi connectivity index (χ1) is 10.7. The molecule has 0 unspecified atom stereocenters. The fraction of sp³-hybridized carbons (Fsp3) is 0.389. The average Bonchev–Trinajstić information content (AvgIpc) is 3.02. The second-order valence-corrected chi connectivity index (χ2v) is 5.78. The number of methoxy groups -OCH3 is 1. The van der Waals surface area contributed by atoms with Crippen LogP contribution in [0.4, 0.5) is 0 Å². The Bertz CT molecular complexity index is 662. The molecule has 22 heavy (non-hydrogen) atoms. The van der Waals surface area contributed by atoms with Crippen molar-refractivity contribution in [2.24, 2.45) is 0 Å². The van der Waals surface area contributed by atoms with Gasteiger partial charge in [-0.1, -0.05) is 24.3 Å². The molecule has 1 aliphatic carbocycles. The van der Waals surface area contributed by atoms with Gasteiger partial charge in [-0.2, -0.15) is 0 Å². The Morgan fingerprint density at radius 3 is 2.95 bits per heavy atom. The van der Waals surface area contributed by atoms with E-state index in [2.05, 4.69) is 40.9 Å². The number of esters is 1. The molecule has 3 rings (SSSR count). The van der Waals surface area contributed by atoms with Crippen LogP contribution in [0, 0.1) is 0 Å². The minimum Gasteiger partial charge on any atom is -0.463 e. The number of carbonyl (C=O) groups is 1. The van der Waals surface area contributed by atoms with Crippen LogP contribution in [0.15, 0.2) is 40.8 Å². The van der Waals surface area contributed by atoms with Crippen molar-refractivity contribution in [2.75, 3.05) is 14.2 Å². The zero-order valence-corrected chi connectivity index (χ0v) is 13.0. The molecule has 1 atom stereocenters. The molecule has 2 aromatic rings. The molecule has 0 amide bonds. The zero-order chi connectivity index (χ0) is 15.5. The van der Waals surface area contributed by atoms with Crippen molar-refractivity contribution < 1.29 is 13.9 Å². The summed E-state index contributed by atoms with van der Waals surface area (Å²) in [6.07, 6.45) is 3.52. The van der Waals surface area contributed by atoms with Gasteiger partial charge in [0.2, 0.25) is 5.76 Å². The number of furan rings is 1. The molecule has 0 saturated heterocycles. The summed E-state index contributed by atoms with van der Waals surface area (Å²) >= 11 is 0. The molecular formula is C18H21NO3. The quantitative estimate of drug-likeness (QED) is 0.809. The standard InChI is InChI=1S/C18H21NO3/c1-19(12-14-10-11-17(22-14)18(20)21-2)16-9-5-7-13-6-3-4-8-15(13)16/h3-4,6,8,10-11,16H,5,7,9,12H2,1-2H3/t16-/m1/s1. The molecule has 1 aromatic carbocycles. The van der Waals surface area contributed by atoms with Crippen LogP contribution in [0.5, 0.6) is 0 Å². The monoisotopic (exact) mass is 299 g/mol. The number of fused-ring (bicyclic) bond motifs is 1. The molecule has 1 aliphatic rings. The minimum atomic E-state index is -0.433. The van der Waals surface area contributed by atoms with Crippen LogP contribution in [0.2, 0.25) is 0 Å². The number of benzene rings is 1. The maximum absolute atomic E-state index is 11.4. The van der Waals surface area contributed by atoms with Gasteiger partial charge in [0.15, 0.2) is 0 Å². The van der Waals surface area contributed by atoms with Gasteiger partial charge < -0.3 is 9.15 Å².